The summed E-state index contributed by atoms with van der Waals surface area (Å²) < 4.78 is 43.8. The van der Waals surface area contributed by atoms with E-state index >= 15 is 0 Å². The highest BCUT2D eigenvalue weighted by Gasteiger charge is 2.59. The summed E-state index contributed by atoms with van der Waals surface area (Å²) in [6.45, 7) is 5.96. The fraction of sp³-hybridized carbons (Fsp3) is 0.706. The van der Waals surface area contributed by atoms with Crippen molar-refractivity contribution in [1.82, 2.24) is 20.6 Å². The number of aliphatic imine (C=N–C) groups is 1. The molecule has 2 heterocycles. The van der Waals surface area contributed by atoms with E-state index in [1.165, 1.54) is 0 Å². The zero-order valence-electron chi connectivity index (χ0n) is 16.0. The van der Waals surface area contributed by atoms with Gasteiger partial charge in [0.2, 0.25) is 5.95 Å². The number of ether oxygens (including phenoxy) is 1. The van der Waals surface area contributed by atoms with Gasteiger partial charge in [-0.3, -0.25) is 4.99 Å². The Morgan fingerprint density at radius 2 is 2.11 bits per heavy atom. The van der Waals surface area contributed by atoms with Crippen LogP contribution in [-0.2, 0) is 10.9 Å². The third kappa shape index (κ3) is 4.78. The van der Waals surface area contributed by atoms with Crippen molar-refractivity contribution in [2.45, 2.75) is 38.6 Å². The number of fused-ring (bicyclic) bond motifs is 1. The SMILES string of the molecule is CN=C(NCCNc1nccc(C(F)(F)F)n1)NC1C2CCOC2C1(C)C.I. The Balaban J connectivity index is 0.00000280. The average molecular weight is 514 g/mol. The van der Waals surface area contributed by atoms with E-state index in [-0.39, 0.29) is 47.5 Å². The fourth-order valence-corrected chi connectivity index (χ4v) is 3.92. The number of nitrogens with zero attached hydrogens (tertiary/aromatic N) is 3. The number of anilines is 1. The number of guanidine groups is 1. The van der Waals surface area contributed by atoms with Crippen molar-refractivity contribution in [3.8, 4) is 0 Å². The molecule has 1 saturated heterocycles. The van der Waals surface area contributed by atoms with Gasteiger partial charge in [-0.05, 0) is 12.5 Å². The molecule has 1 saturated carbocycles. The van der Waals surface area contributed by atoms with E-state index in [1.54, 1.807) is 7.05 Å². The molecule has 1 aliphatic heterocycles. The molecule has 11 heteroatoms. The zero-order chi connectivity index (χ0) is 19.7. The highest BCUT2D eigenvalue weighted by Crippen LogP contribution is 2.52. The summed E-state index contributed by atoms with van der Waals surface area (Å²) in [7, 11) is 1.69. The van der Waals surface area contributed by atoms with Gasteiger partial charge in [0.25, 0.3) is 0 Å². The number of hydrogen-bond acceptors (Lipinski definition) is 5. The van der Waals surface area contributed by atoms with Gasteiger partial charge in [-0.2, -0.15) is 13.2 Å². The van der Waals surface area contributed by atoms with Gasteiger partial charge in [-0.15, -0.1) is 24.0 Å². The maximum atomic E-state index is 12.7. The third-order valence-electron chi connectivity index (χ3n) is 5.26. The minimum absolute atomic E-state index is 0. The topological polar surface area (TPSA) is 83.5 Å². The van der Waals surface area contributed by atoms with Crippen LogP contribution in [0.4, 0.5) is 19.1 Å². The molecule has 1 aromatic rings. The predicted molar refractivity (Wildman–Crippen MR) is 111 cm³/mol. The highest BCUT2D eigenvalue weighted by molar-refractivity contribution is 14.0. The first-order valence-corrected chi connectivity index (χ1v) is 8.96. The van der Waals surface area contributed by atoms with Crippen LogP contribution in [0.15, 0.2) is 17.3 Å². The summed E-state index contributed by atoms with van der Waals surface area (Å²) in [5.74, 6) is 1.08. The minimum Gasteiger partial charge on any atom is -0.377 e. The largest absolute Gasteiger partial charge is 0.433 e. The minimum atomic E-state index is -4.49. The van der Waals surface area contributed by atoms with Crippen LogP contribution in [-0.4, -0.2) is 54.8 Å². The van der Waals surface area contributed by atoms with Crippen molar-refractivity contribution in [1.29, 1.82) is 0 Å². The van der Waals surface area contributed by atoms with Gasteiger partial charge >= 0.3 is 6.18 Å². The molecule has 0 spiro atoms. The van der Waals surface area contributed by atoms with E-state index in [9.17, 15) is 13.2 Å². The first-order chi connectivity index (χ1) is 12.7. The Kier molecular flexibility index (Phi) is 7.34. The summed E-state index contributed by atoms with van der Waals surface area (Å²) in [6, 6.07) is 1.12. The summed E-state index contributed by atoms with van der Waals surface area (Å²) in [4.78, 5) is 11.5. The van der Waals surface area contributed by atoms with Gasteiger partial charge in [0.05, 0.1) is 6.10 Å². The number of alkyl halides is 3. The maximum Gasteiger partial charge on any atom is 0.433 e. The first-order valence-electron chi connectivity index (χ1n) is 8.96. The van der Waals surface area contributed by atoms with Crippen LogP contribution in [0.25, 0.3) is 0 Å². The Morgan fingerprint density at radius 1 is 1.36 bits per heavy atom. The predicted octanol–water partition coefficient (Wildman–Crippen LogP) is 2.50. The lowest BCUT2D eigenvalue weighted by Gasteiger charge is -2.54. The van der Waals surface area contributed by atoms with E-state index in [4.69, 9.17) is 4.74 Å². The van der Waals surface area contributed by atoms with Gasteiger partial charge in [-0.1, -0.05) is 13.8 Å². The second-order valence-corrected chi connectivity index (χ2v) is 7.38. The smallest absolute Gasteiger partial charge is 0.377 e. The number of aromatic nitrogens is 2. The van der Waals surface area contributed by atoms with E-state index in [0.29, 0.717) is 25.0 Å². The fourth-order valence-electron chi connectivity index (χ4n) is 3.92. The number of hydrogen-bond donors (Lipinski definition) is 3. The first kappa shape index (κ1) is 22.9. The van der Waals surface area contributed by atoms with Crippen molar-refractivity contribution < 1.29 is 17.9 Å². The molecule has 0 radical (unpaired) electrons. The molecule has 3 N–H and O–H groups in total. The standard InChI is InChI=1S/C17H25F3N6O.HI/c1-16(2)12(10-5-9-27-13(10)16)26-14(21-3)23-7-8-24-15-22-6-4-11(25-15)17(18,19)20;/h4,6,10,12-13H,5,7-9H2,1-3H3,(H2,21,23,26)(H,22,24,25);1H. The van der Waals surface area contributed by atoms with Crippen molar-refractivity contribution >= 4 is 35.9 Å². The summed E-state index contributed by atoms with van der Waals surface area (Å²) >= 11 is 0. The van der Waals surface area contributed by atoms with Gasteiger partial charge in [0.15, 0.2) is 5.96 Å². The Morgan fingerprint density at radius 3 is 2.79 bits per heavy atom. The van der Waals surface area contributed by atoms with E-state index in [2.05, 4.69) is 44.8 Å². The molecule has 2 aliphatic rings. The number of rotatable bonds is 5. The highest BCUT2D eigenvalue weighted by atomic mass is 127. The molecule has 28 heavy (non-hydrogen) atoms. The number of nitrogens with one attached hydrogen (secondary N) is 3. The normalized spacial score (nSPS) is 25.9. The van der Waals surface area contributed by atoms with E-state index < -0.39 is 11.9 Å². The van der Waals surface area contributed by atoms with Crippen LogP contribution in [0.3, 0.4) is 0 Å². The van der Waals surface area contributed by atoms with Crippen LogP contribution >= 0.6 is 24.0 Å². The van der Waals surface area contributed by atoms with Gasteiger partial charge in [0.1, 0.15) is 5.69 Å². The lowest BCUT2D eigenvalue weighted by Crippen LogP contribution is -2.68. The molecule has 3 rings (SSSR count). The zero-order valence-corrected chi connectivity index (χ0v) is 18.3. The van der Waals surface area contributed by atoms with Gasteiger partial charge in [-0.25, -0.2) is 9.97 Å². The molecule has 7 nitrogen and oxygen atoms in total. The lowest BCUT2D eigenvalue weighted by atomic mass is 9.57. The van der Waals surface area contributed by atoms with Gasteiger partial charge < -0.3 is 20.7 Å². The molecule has 2 fully saturated rings. The molecule has 0 aromatic carbocycles. The van der Waals surface area contributed by atoms with Crippen molar-refractivity contribution in [3.05, 3.63) is 18.0 Å². The van der Waals surface area contributed by atoms with Crippen molar-refractivity contribution in [2.75, 3.05) is 32.1 Å². The molecule has 0 bridgehead atoms. The molecule has 158 valence electrons. The molecule has 1 aliphatic carbocycles. The monoisotopic (exact) mass is 514 g/mol. The summed E-state index contributed by atoms with van der Waals surface area (Å²) in [5, 5.41) is 9.39. The number of halogens is 4. The molecule has 3 atom stereocenters. The van der Waals surface area contributed by atoms with Crippen LogP contribution in [0.5, 0.6) is 0 Å². The van der Waals surface area contributed by atoms with Crippen molar-refractivity contribution in [2.24, 2.45) is 16.3 Å². The molecular formula is C17H26F3IN6O. The lowest BCUT2D eigenvalue weighted by molar-refractivity contribution is -0.141. The Labute approximate surface area is 179 Å². The summed E-state index contributed by atoms with van der Waals surface area (Å²) in [5.41, 5.74) is -0.936. The molecule has 3 unspecified atom stereocenters. The van der Waals surface area contributed by atoms with Crippen molar-refractivity contribution in [3.63, 3.8) is 0 Å². The quantitative estimate of drug-likeness (QED) is 0.243. The van der Waals surface area contributed by atoms with Crippen LogP contribution in [0, 0.1) is 11.3 Å². The maximum absolute atomic E-state index is 12.7. The second-order valence-electron chi connectivity index (χ2n) is 7.38. The Bertz CT molecular complexity index is 700. The van der Waals surface area contributed by atoms with E-state index in [0.717, 1.165) is 25.3 Å². The summed E-state index contributed by atoms with van der Waals surface area (Å²) in [6.07, 6.45) is -2.07. The second kappa shape index (κ2) is 8.97. The average Bonchev–Trinajstić information content (AvgIpc) is 3.08. The van der Waals surface area contributed by atoms with Crippen LogP contribution in [0.2, 0.25) is 0 Å². The molecule has 1 aromatic heterocycles. The third-order valence-corrected chi connectivity index (χ3v) is 5.26. The van der Waals surface area contributed by atoms with Crippen LogP contribution < -0.4 is 16.0 Å². The molecule has 0 amide bonds. The van der Waals surface area contributed by atoms with Crippen LogP contribution in [0.1, 0.15) is 26.0 Å². The van der Waals surface area contributed by atoms with E-state index in [1.807, 2.05) is 0 Å². The molecular weight excluding hydrogens is 488 g/mol. The Hall–Kier alpha value is -1.37. The van der Waals surface area contributed by atoms with Gasteiger partial charge in [0, 0.05) is 50.3 Å².